The molecule has 0 amide bonds. The number of aromatic nitrogens is 2. The predicted octanol–water partition coefficient (Wildman–Crippen LogP) is 2.32. The second kappa shape index (κ2) is 5.33. The Morgan fingerprint density at radius 2 is 1.83 bits per heavy atom. The number of nitrogens with zero attached hydrogens (tertiary/aromatic N) is 3. The lowest BCUT2D eigenvalue weighted by atomic mass is 10.1. The normalized spacial score (nSPS) is 10.4. The van der Waals surface area contributed by atoms with E-state index >= 15 is 0 Å². The van der Waals surface area contributed by atoms with Gasteiger partial charge in [0.15, 0.2) is 0 Å². The zero-order valence-corrected chi connectivity index (χ0v) is 11.1. The molecule has 1 heterocycles. The van der Waals surface area contributed by atoms with Gasteiger partial charge in [0, 0.05) is 31.2 Å². The first-order chi connectivity index (χ1) is 8.60. The molecule has 0 fully saturated rings. The molecule has 0 saturated carbocycles. The maximum atomic E-state index is 5.88. The van der Waals surface area contributed by atoms with Crippen LogP contribution in [-0.2, 0) is 6.54 Å². The van der Waals surface area contributed by atoms with Gasteiger partial charge in [0.25, 0.3) is 0 Å². The molecule has 5 heteroatoms. The summed E-state index contributed by atoms with van der Waals surface area (Å²) in [5.74, 6) is 0.655. The van der Waals surface area contributed by atoms with E-state index in [1.165, 1.54) is 0 Å². The molecular weight excluding hydrogens is 248 g/mol. The number of hydrogen-bond donors (Lipinski definition) is 1. The highest BCUT2D eigenvalue weighted by molar-refractivity contribution is 6.30. The van der Waals surface area contributed by atoms with Crippen LogP contribution in [0.5, 0.6) is 0 Å². The van der Waals surface area contributed by atoms with E-state index in [-0.39, 0.29) is 0 Å². The average molecular weight is 263 g/mol. The quantitative estimate of drug-likeness (QED) is 0.922. The number of rotatable bonds is 3. The molecule has 0 aliphatic carbocycles. The van der Waals surface area contributed by atoms with Crippen LogP contribution in [-0.4, -0.2) is 24.1 Å². The summed E-state index contributed by atoms with van der Waals surface area (Å²) in [6.45, 7) is 0.393. The molecule has 0 aliphatic rings. The molecule has 0 spiro atoms. The zero-order chi connectivity index (χ0) is 13.1. The lowest BCUT2D eigenvalue weighted by Gasteiger charge is -2.13. The number of halogens is 1. The average Bonchev–Trinajstić information content (AvgIpc) is 2.39. The topological polar surface area (TPSA) is 55.0 Å². The van der Waals surface area contributed by atoms with Crippen molar-refractivity contribution < 1.29 is 0 Å². The van der Waals surface area contributed by atoms with E-state index in [1.54, 1.807) is 0 Å². The molecule has 4 nitrogen and oxygen atoms in total. The lowest BCUT2D eigenvalue weighted by molar-refractivity contribution is 0.925. The Hall–Kier alpha value is -1.65. The third kappa shape index (κ3) is 2.78. The second-order valence-corrected chi connectivity index (χ2v) is 4.59. The van der Waals surface area contributed by atoms with Crippen LogP contribution in [0.1, 0.15) is 5.69 Å². The minimum Gasteiger partial charge on any atom is -0.347 e. The molecule has 1 aromatic carbocycles. The van der Waals surface area contributed by atoms with E-state index in [4.69, 9.17) is 17.3 Å². The van der Waals surface area contributed by atoms with Crippen LogP contribution in [0.4, 0.5) is 5.95 Å². The molecule has 0 saturated heterocycles. The first-order valence-electron chi connectivity index (χ1n) is 5.61. The van der Waals surface area contributed by atoms with Gasteiger partial charge in [-0.15, -0.1) is 0 Å². The fraction of sp³-hybridized carbons (Fsp3) is 0.231. The van der Waals surface area contributed by atoms with Crippen molar-refractivity contribution in [2.75, 3.05) is 19.0 Å². The van der Waals surface area contributed by atoms with Crippen LogP contribution in [0.25, 0.3) is 11.3 Å². The Kier molecular flexibility index (Phi) is 3.79. The fourth-order valence-electron chi connectivity index (χ4n) is 1.56. The Morgan fingerprint density at radius 1 is 1.17 bits per heavy atom. The lowest BCUT2D eigenvalue weighted by Crippen LogP contribution is -2.15. The van der Waals surface area contributed by atoms with Crippen molar-refractivity contribution in [2.24, 2.45) is 5.73 Å². The molecule has 0 bridgehead atoms. The van der Waals surface area contributed by atoms with Gasteiger partial charge < -0.3 is 10.6 Å². The predicted molar refractivity (Wildman–Crippen MR) is 74.7 cm³/mol. The van der Waals surface area contributed by atoms with E-state index in [0.717, 1.165) is 17.0 Å². The van der Waals surface area contributed by atoms with Crippen molar-refractivity contribution in [3.8, 4) is 11.3 Å². The van der Waals surface area contributed by atoms with Crippen molar-refractivity contribution >= 4 is 17.5 Å². The van der Waals surface area contributed by atoms with Crippen LogP contribution >= 0.6 is 11.6 Å². The molecule has 0 atom stereocenters. The summed E-state index contributed by atoms with van der Waals surface area (Å²) in [7, 11) is 3.81. The molecule has 18 heavy (non-hydrogen) atoms. The summed E-state index contributed by atoms with van der Waals surface area (Å²) >= 11 is 5.88. The van der Waals surface area contributed by atoms with Crippen LogP contribution in [0.2, 0.25) is 5.02 Å². The fourth-order valence-corrected chi connectivity index (χ4v) is 1.68. The van der Waals surface area contributed by atoms with Crippen molar-refractivity contribution in [1.82, 2.24) is 9.97 Å². The van der Waals surface area contributed by atoms with Gasteiger partial charge in [-0.3, -0.25) is 0 Å². The number of benzene rings is 1. The van der Waals surface area contributed by atoms with Crippen molar-refractivity contribution in [3.63, 3.8) is 0 Å². The summed E-state index contributed by atoms with van der Waals surface area (Å²) < 4.78 is 0. The van der Waals surface area contributed by atoms with Crippen LogP contribution in [0.15, 0.2) is 30.3 Å². The maximum absolute atomic E-state index is 5.88. The maximum Gasteiger partial charge on any atom is 0.225 e. The Balaban J connectivity index is 2.49. The Labute approximate surface area is 111 Å². The van der Waals surface area contributed by atoms with E-state index in [0.29, 0.717) is 17.5 Å². The van der Waals surface area contributed by atoms with Gasteiger partial charge in [0.05, 0.1) is 11.4 Å². The summed E-state index contributed by atoms with van der Waals surface area (Å²) in [6.07, 6.45) is 0. The smallest absolute Gasteiger partial charge is 0.225 e. The molecule has 0 unspecified atom stereocenters. The van der Waals surface area contributed by atoms with Crippen molar-refractivity contribution in [1.29, 1.82) is 0 Å². The molecular formula is C13H15ClN4. The van der Waals surface area contributed by atoms with Crippen LogP contribution in [0, 0.1) is 0 Å². The molecule has 94 valence electrons. The summed E-state index contributed by atoms with van der Waals surface area (Å²) in [6, 6.07) is 9.46. The molecule has 2 aromatic rings. The van der Waals surface area contributed by atoms with E-state index in [1.807, 2.05) is 49.3 Å². The highest BCUT2D eigenvalue weighted by Gasteiger charge is 2.07. The minimum atomic E-state index is 0.393. The second-order valence-electron chi connectivity index (χ2n) is 4.15. The third-order valence-electron chi connectivity index (χ3n) is 2.52. The third-order valence-corrected chi connectivity index (χ3v) is 2.77. The Bertz CT molecular complexity index is 537. The molecule has 0 aliphatic heterocycles. The Morgan fingerprint density at radius 3 is 2.39 bits per heavy atom. The van der Waals surface area contributed by atoms with E-state index < -0.39 is 0 Å². The zero-order valence-electron chi connectivity index (χ0n) is 10.4. The number of anilines is 1. The highest BCUT2D eigenvalue weighted by Crippen LogP contribution is 2.22. The van der Waals surface area contributed by atoms with Crippen molar-refractivity contribution in [2.45, 2.75) is 6.54 Å². The van der Waals surface area contributed by atoms with E-state index in [9.17, 15) is 0 Å². The largest absolute Gasteiger partial charge is 0.347 e. The van der Waals surface area contributed by atoms with Gasteiger partial charge in [0.1, 0.15) is 0 Å². The first kappa shape index (κ1) is 12.8. The number of nitrogens with two attached hydrogens (primary N) is 1. The van der Waals surface area contributed by atoms with Crippen molar-refractivity contribution in [3.05, 3.63) is 41.0 Å². The van der Waals surface area contributed by atoms with E-state index in [2.05, 4.69) is 9.97 Å². The molecule has 2 N–H and O–H groups in total. The SMILES string of the molecule is CN(C)c1nc(CN)cc(-c2ccc(Cl)cc2)n1. The first-order valence-corrected chi connectivity index (χ1v) is 5.99. The van der Waals surface area contributed by atoms with Gasteiger partial charge in [-0.1, -0.05) is 23.7 Å². The van der Waals surface area contributed by atoms with Gasteiger partial charge in [-0.05, 0) is 18.2 Å². The van der Waals surface area contributed by atoms with Crippen LogP contribution < -0.4 is 10.6 Å². The molecule has 0 radical (unpaired) electrons. The molecule has 1 aromatic heterocycles. The monoisotopic (exact) mass is 262 g/mol. The van der Waals surface area contributed by atoms with Gasteiger partial charge in [-0.2, -0.15) is 0 Å². The summed E-state index contributed by atoms with van der Waals surface area (Å²) in [4.78, 5) is 10.7. The standard InChI is InChI=1S/C13H15ClN4/c1-18(2)13-16-11(8-15)7-12(17-13)9-3-5-10(14)6-4-9/h3-7H,8,15H2,1-2H3. The highest BCUT2D eigenvalue weighted by atomic mass is 35.5. The van der Waals surface area contributed by atoms with Gasteiger partial charge >= 0.3 is 0 Å². The summed E-state index contributed by atoms with van der Waals surface area (Å²) in [5.41, 5.74) is 8.33. The van der Waals surface area contributed by atoms with Gasteiger partial charge in [-0.25, -0.2) is 9.97 Å². The number of hydrogen-bond acceptors (Lipinski definition) is 4. The van der Waals surface area contributed by atoms with Crippen LogP contribution in [0.3, 0.4) is 0 Å². The molecule has 2 rings (SSSR count). The minimum absolute atomic E-state index is 0.393. The van der Waals surface area contributed by atoms with Gasteiger partial charge in [0.2, 0.25) is 5.95 Å². The summed E-state index contributed by atoms with van der Waals surface area (Å²) in [5, 5.41) is 0.708.